The molecule has 0 bridgehead atoms. The first-order valence-electron chi connectivity index (χ1n) is 12.9. The van der Waals surface area contributed by atoms with Crippen LogP contribution in [0.25, 0.3) is 0 Å². The molecule has 1 aromatic heterocycles. The lowest BCUT2D eigenvalue weighted by Crippen LogP contribution is -2.45. The Bertz CT molecular complexity index is 1080. The quantitative estimate of drug-likeness (QED) is 0.420. The van der Waals surface area contributed by atoms with Crippen LogP contribution >= 0.6 is 0 Å². The molecule has 3 atom stereocenters. The molecule has 0 radical (unpaired) electrons. The molecule has 3 N–H and O–H groups in total. The highest BCUT2D eigenvalue weighted by molar-refractivity contribution is 5.46. The van der Waals surface area contributed by atoms with Gasteiger partial charge in [0.1, 0.15) is 5.75 Å². The number of hydrogen-bond donors (Lipinski definition) is 3. The second kappa shape index (κ2) is 11.9. The minimum atomic E-state index is -0.499. The molecule has 36 heavy (non-hydrogen) atoms. The number of hydrogen-bond acceptors (Lipinski definition) is 8. The van der Waals surface area contributed by atoms with Crippen molar-refractivity contribution >= 4 is 5.69 Å². The monoisotopic (exact) mass is 492 g/mol. The summed E-state index contributed by atoms with van der Waals surface area (Å²) in [6.45, 7) is 5.79. The number of benzene rings is 2. The standard InChI is InChI=1S/C28H36N4O4/c33-26-9-5-4-6-21(26)18-29-19-28-27(34)11-10-24(35-28)16-22-17-25(36-30-22)20-31-12-14-32(15-13-31)23-7-2-1-3-8-23/h1-9,17,24,27-29,33-34H,10-16,18-20H2. The van der Waals surface area contributed by atoms with Gasteiger partial charge in [-0.05, 0) is 31.0 Å². The smallest absolute Gasteiger partial charge is 0.150 e. The number of nitrogens with one attached hydrogen (secondary N) is 1. The van der Waals surface area contributed by atoms with Crippen LogP contribution in [0.3, 0.4) is 0 Å². The van der Waals surface area contributed by atoms with Crippen molar-refractivity contribution in [3.8, 4) is 5.75 Å². The first-order valence-corrected chi connectivity index (χ1v) is 12.9. The van der Waals surface area contributed by atoms with Gasteiger partial charge in [0.15, 0.2) is 5.76 Å². The predicted molar refractivity (Wildman–Crippen MR) is 138 cm³/mol. The minimum Gasteiger partial charge on any atom is -0.508 e. The van der Waals surface area contributed by atoms with Crippen molar-refractivity contribution in [1.29, 1.82) is 0 Å². The van der Waals surface area contributed by atoms with Crippen LogP contribution in [0.2, 0.25) is 0 Å². The number of aliphatic hydroxyl groups excluding tert-OH is 1. The minimum absolute atomic E-state index is 0.00213. The van der Waals surface area contributed by atoms with Crippen LogP contribution in [0.4, 0.5) is 5.69 Å². The van der Waals surface area contributed by atoms with Gasteiger partial charge in [-0.2, -0.15) is 0 Å². The summed E-state index contributed by atoms with van der Waals surface area (Å²) in [5, 5.41) is 28.0. The molecule has 8 nitrogen and oxygen atoms in total. The Morgan fingerprint density at radius 2 is 1.75 bits per heavy atom. The topological polar surface area (TPSA) is 94.2 Å². The summed E-state index contributed by atoms with van der Waals surface area (Å²) >= 11 is 0. The maximum atomic E-state index is 10.4. The van der Waals surface area contributed by atoms with Gasteiger partial charge in [-0.25, -0.2) is 0 Å². The maximum absolute atomic E-state index is 10.4. The van der Waals surface area contributed by atoms with Gasteiger partial charge in [0, 0.05) is 63.0 Å². The van der Waals surface area contributed by atoms with Gasteiger partial charge in [0.25, 0.3) is 0 Å². The summed E-state index contributed by atoms with van der Waals surface area (Å²) in [5.41, 5.74) is 3.01. The van der Waals surface area contributed by atoms with E-state index in [0.29, 0.717) is 25.9 Å². The average Bonchev–Trinajstić information content (AvgIpc) is 3.34. The van der Waals surface area contributed by atoms with Crippen molar-refractivity contribution in [3.05, 3.63) is 77.7 Å². The number of rotatable bonds is 9. The van der Waals surface area contributed by atoms with Crippen LogP contribution in [0.5, 0.6) is 5.75 Å². The highest BCUT2D eigenvalue weighted by Gasteiger charge is 2.30. The van der Waals surface area contributed by atoms with Crippen molar-refractivity contribution in [2.45, 2.75) is 50.7 Å². The van der Waals surface area contributed by atoms with E-state index in [-0.39, 0.29) is 18.0 Å². The fourth-order valence-electron chi connectivity index (χ4n) is 5.08. The van der Waals surface area contributed by atoms with Crippen molar-refractivity contribution < 1.29 is 19.5 Å². The molecule has 3 heterocycles. The first kappa shape index (κ1) is 24.8. The van der Waals surface area contributed by atoms with E-state index in [1.807, 2.05) is 18.2 Å². The fourth-order valence-corrected chi connectivity index (χ4v) is 5.08. The van der Waals surface area contributed by atoms with E-state index < -0.39 is 6.10 Å². The molecule has 0 amide bonds. The van der Waals surface area contributed by atoms with E-state index in [9.17, 15) is 10.2 Å². The SMILES string of the molecule is Oc1ccccc1CNCC1OC(Cc2cc(CN3CCN(c4ccccc4)CC3)on2)CCC1O. The van der Waals surface area contributed by atoms with Crippen LogP contribution in [0.1, 0.15) is 29.9 Å². The van der Waals surface area contributed by atoms with E-state index in [4.69, 9.17) is 9.26 Å². The Labute approximate surface area is 212 Å². The molecule has 2 aromatic carbocycles. The molecule has 3 unspecified atom stereocenters. The van der Waals surface area contributed by atoms with Crippen LogP contribution in [0.15, 0.2) is 65.2 Å². The highest BCUT2D eigenvalue weighted by atomic mass is 16.5. The molecule has 2 fully saturated rings. The first-order chi connectivity index (χ1) is 17.6. The third kappa shape index (κ3) is 6.44. The normalized spacial score (nSPS) is 23.1. The van der Waals surface area contributed by atoms with Gasteiger partial charge in [-0.3, -0.25) is 4.90 Å². The van der Waals surface area contributed by atoms with Gasteiger partial charge in [-0.1, -0.05) is 41.6 Å². The van der Waals surface area contributed by atoms with Crippen LogP contribution in [0, 0.1) is 0 Å². The zero-order valence-electron chi connectivity index (χ0n) is 20.6. The van der Waals surface area contributed by atoms with E-state index in [1.165, 1.54) is 5.69 Å². The van der Waals surface area contributed by atoms with Crippen LogP contribution in [-0.2, 0) is 24.2 Å². The number of phenols is 1. The summed E-state index contributed by atoms with van der Waals surface area (Å²) < 4.78 is 11.9. The molecular weight excluding hydrogens is 456 g/mol. The number of ether oxygens (including phenoxy) is 1. The van der Waals surface area contributed by atoms with Crippen LogP contribution in [-0.4, -0.2) is 71.3 Å². The number of para-hydroxylation sites is 2. The number of piperazine rings is 1. The Hall–Kier alpha value is -2.91. The molecule has 2 aliphatic rings. The van der Waals surface area contributed by atoms with Gasteiger partial charge in [-0.15, -0.1) is 0 Å². The Morgan fingerprint density at radius 3 is 2.56 bits per heavy atom. The van der Waals surface area contributed by atoms with Gasteiger partial charge < -0.3 is 29.7 Å². The summed E-state index contributed by atoms with van der Waals surface area (Å²) in [6.07, 6.45) is 1.37. The lowest BCUT2D eigenvalue weighted by atomic mass is 9.98. The Morgan fingerprint density at radius 1 is 0.972 bits per heavy atom. The van der Waals surface area contributed by atoms with E-state index in [2.05, 4.69) is 50.6 Å². The largest absolute Gasteiger partial charge is 0.508 e. The molecule has 2 saturated heterocycles. The number of anilines is 1. The van der Waals surface area contributed by atoms with Crippen molar-refractivity contribution in [3.63, 3.8) is 0 Å². The van der Waals surface area contributed by atoms with Crippen LogP contribution < -0.4 is 10.2 Å². The number of aliphatic hydroxyl groups is 1. The van der Waals surface area contributed by atoms with Gasteiger partial charge >= 0.3 is 0 Å². The summed E-state index contributed by atoms with van der Waals surface area (Å²) in [6, 6.07) is 19.9. The Kier molecular flexibility index (Phi) is 8.18. The highest BCUT2D eigenvalue weighted by Crippen LogP contribution is 2.24. The number of phenolic OH excluding ortho intramolecular Hbond substituents is 1. The summed E-state index contributed by atoms with van der Waals surface area (Å²) in [7, 11) is 0. The zero-order valence-corrected chi connectivity index (χ0v) is 20.6. The predicted octanol–water partition coefficient (Wildman–Crippen LogP) is 2.94. The van der Waals surface area contributed by atoms with Gasteiger partial charge in [0.05, 0.1) is 30.6 Å². The van der Waals surface area contributed by atoms with E-state index in [1.54, 1.807) is 12.1 Å². The van der Waals surface area contributed by atoms with Crippen molar-refractivity contribution in [2.75, 3.05) is 37.6 Å². The second-order valence-corrected chi connectivity index (χ2v) is 9.79. The molecule has 0 aliphatic carbocycles. The summed E-state index contributed by atoms with van der Waals surface area (Å²) in [4.78, 5) is 4.83. The molecule has 3 aromatic rings. The molecule has 8 heteroatoms. The molecular formula is C28H36N4O4. The van der Waals surface area contributed by atoms with Gasteiger partial charge in [0.2, 0.25) is 0 Å². The molecule has 5 rings (SSSR count). The maximum Gasteiger partial charge on any atom is 0.150 e. The van der Waals surface area contributed by atoms with Crippen molar-refractivity contribution in [1.82, 2.24) is 15.4 Å². The third-order valence-electron chi connectivity index (χ3n) is 7.15. The zero-order chi connectivity index (χ0) is 24.7. The fraction of sp³-hybridized carbons (Fsp3) is 0.464. The molecule has 192 valence electrons. The number of aromatic hydroxyl groups is 1. The lowest BCUT2D eigenvalue weighted by molar-refractivity contribution is -0.115. The molecule has 0 saturated carbocycles. The van der Waals surface area contributed by atoms with E-state index >= 15 is 0 Å². The Balaban J connectivity index is 1.06. The molecule has 0 spiro atoms. The van der Waals surface area contributed by atoms with E-state index in [0.717, 1.165) is 56.2 Å². The third-order valence-corrected chi connectivity index (χ3v) is 7.15. The lowest BCUT2D eigenvalue weighted by Gasteiger charge is -2.35. The average molecular weight is 493 g/mol. The second-order valence-electron chi connectivity index (χ2n) is 9.79. The summed E-state index contributed by atoms with van der Waals surface area (Å²) in [5.74, 6) is 1.16. The van der Waals surface area contributed by atoms with Crippen molar-refractivity contribution in [2.24, 2.45) is 0 Å². The number of nitrogens with zero attached hydrogens (tertiary/aromatic N) is 3. The number of aromatic nitrogens is 1. The molecule has 2 aliphatic heterocycles.